The number of aromatic nitrogens is 1. The van der Waals surface area contributed by atoms with Gasteiger partial charge in [-0.2, -0.15) is 0 Å². The molecule has 3 rings (SSSR count). The summed E-state index contributed by atoms with van der Waals surface area (Å²) in [5, 5.41) is 6.16. The van der Waals surface area contributed by atoms with E-state index in [2.05, 4.69) is 10.3 Å². The van der Waals surface area contributed by atoms with E-state index in [-0.39, 0.29) is 5.82 Å². The Balaban J connectivity index is 1.63. The molecule has 1 N–H and O–H groups in total. The van der Waals surface area contributed by atoms with Gasteiger partial charge in [0.25, 0.3) is 0 Å². The summed E-state index contributed by atoms with van der Waals surface area (Å²) in [5.41, 5.74) is 1.81. The minimum Gasteiger partial charge on any atom is -0.376 e. The van der Waals surface area contributed by atoms with Gasteiger partial charge >= 0.3 is 0 Å². The number of thiazole rings is 1. The van der Waals surface area contributed by atoms with E-state index in [4.69, 9.17) is 4.74 Å². The Bertz CT molecular complexity index is 535. The lowest BCUT2D eigenvalue weighted by Crippen LogP contribution is -2.18. The Morgan fingerprint density at radius 1 is 1.37 bits per heavy atom. The predicted molar refractivity (Wildman–Crippen MR) is 75.0 cm³/mol. The van der Waals surface area contributed by atoms with Crippen LogP contribution in [0.3, 0.4) is 0 Å². The number of nitrogens with zero attached hydrogens (tertiary/aromatic N) is 1. The van der Waals surface area contributed by atoms with Crippen molar-refractivity contribution in [1.82, 2.24) is 4.98 Å². The molecule has 1 aliphatic heterocycles. The first-order chi connectivity index (χ1) is 9.31. The molecule has 3 nitrogen and oxygen atoms in total. The number of ether oxygens (including phenoxy) is 1. The number of anilines is 1. The van der Waals surface area contributed by atoms with Crippen molar-refractivity contribution in [3.05, 3.63) is 35.5 Å². The minimum atomic E-state index is -0.226. The molecule has 1 atom stereocenters. The Kier molecular flexibility index (Phi) is 3.75. The van der Waals surface area contributed by atoms with Crippen molar-refractivity contribution in [2.75, 3.05) is 18.5 Å². The first kappa shape index (κ1) is 12.6. The molecule has 1 aliphatic rings. The molecule has 0 saturated carbocycles. The molecule has 0 amide bonds. The molecule has 0 unspecified atom stereocenters. The van der Waals surface area contributed by atoms with E-state index in [1.54, 1.807) is 23.5 Å². The average molecular weight is 278 g/mol. The Hall–Kier alpha value is -1.46. The highest BCUT2D eigenvalue weighted by atomic mass is 32.1. The first-order valence-corrected chi connectivity index (χ1v) is 7.26. The van der Waals surface area contributed by atoms with E-state index in [0.29, 0.717) is 6.10 Å². The van der Waals surface area contributed by atoms with Crippen molar-refractivity contribution in [2.45, 2.75) is 18.9 Å². The number of halogens is 1. The van der Waals surface area contributed by atoms with Crippen LogP contribution in [0.5, 0.6) is 0 Å². The van der Waals surface area contributed by atoms with Crippen molar-refractivity contribution >= 4 is 16.5 Å². The quantitative estimate of drug-likeness (QED) is 0.929. The lowest BCUT2D eigenvalue weighted by Gasteiger charge is -2.09. The van der Waals surface area contributed by atoms with Crippen molar-refractivity contribution in [3.8, 4) is 11.3 Å². The first-order valence-electron chi connectivity index (χ1n) is 6.38. The zero-order valence-electron chi connectivity index (χ0n) is 10.4. The molecule has 19 heavy (non-hydrogen) atoms. The van der Waals surface area contributed by atoms with Crippen LogP contribution in [0.15, 0.2) is 29.6 Å². The second-order valence-electron chi connectivity index (χ2n) is 4.56. The Morgan fingerprint density at radius 3 is 2.95 bits per heavy atom. The highest BCUT2D eigenvalue weighted by Gasteiger charge is 2.15. The van der Waals surface area contributed by atoms with Gasteiger partial charge in [0.2, 0.25) is 0 Å². The molecule has 100 valence electrons. The smallest absolute Gasteiger partial charge is 0.183 e. The topological polar surface area (TPSA) is 34.1 Å². The second-order valence-corrected chi connectivity index (χ2v) is 5.42. The molecule has 1 fully saturated rings. The summed E-state index contributed by atoms with van der Waals surface area (Å²) in [7, 11) is 0. The molecule has 0 bridgehead atoms. The van der Waals surface area contributed by atoms with Crippen LogP contribution in [0.25, 0.3) is 11.3 Å². The summed E-state index contributed by atoms with van der Waals surface area (Å²) >= 11 is 1.56. The van der Waals surface area contributed by atoms with Gasteiger partial charge in [-0.05, 0) is 37.1 Å². The molecular formula is C14H15FN2OS. The van der Waals surface area contributed by atoms with E-state index in [9.17, 15) is 4.39 Å². The zero-order valence-corrected chi connectivity index (χ0v) is 11.3. The van der Waals surface area contributed by atoms with Crippen molar-refractivity contribution in [3.63, 3.8) is 0 Å². The van der Waals surface area contributed by atoms with Gasteiger partial charge in [0, 0.05) is 24.1 Å². The standard InChI is InChI=1S/C14H15FN2OS/c15-11-5-3-10(4-6-11)13-9-19-14(17-13)16-8-12-2-1-7-18-12/h3-6,9,12H,1-2,7-8H2,(H,16,17)/t12-/m0/s1. The number of benzene rings is 1. The van der Waals surface area contributed by atoms with Crippen LogP contribution < -0.4 is 5.32 Å². The number of nitrogens with one attached hydrogen (secondary N) is 1. The van der Waals surface area contributed by atoms with E-state index in [1.807, 2.05) is 5.38 Å². The van der Waals surface area contributed by atoms with Gasteiger partial charge in [0.15, 0.2) is 5.13 Å². The highest BCUT2D eigenvalue weighted by molar-refractivity contribution is 7.14. The van der Waals surface area contributed by atoms with Gasteiger partial charge in [-0.1, -0.05) is 0 Å². The third kappa shape index (κ3) is 3.11. The Labute approximate surface area is 115 Å². The predicted octanol–water partition coefficient (Wildman–Crippen LogP) is 3.54. The molecule has 0 radical (unpaired) electrons. The number of rotatable bonds is 4. The van der Waals surface area contributed by atoms with Crippen LogP contribution in [0.2, 0.25) is 0 Å². The van der Waals surface area contributed by atoms with Crippen LogP contribution in [-0.4, -0.2) is 24.2 Å². The number of hydrogen-bond acceptors (Lipinski definition) is 4. The maximum Gasteiger partial charge on any atom is 0.183 e. The SMILES string of the molecule is Fc1ccc(-c2csc(NC[C@@H]3CCCO3)n2)cc1. The number of hydrogen-bond donors (Lipinski definition) is 1. The van der Waals surface area contributed by atoms with Crippen LogP contribution in [0, 0.1) is 5.82 Å². The third-order valence-corrected chi connectivity index (χ3v) is 3.95. The van der Waals surface area contributed by atoms with Crippen molar-refractivity contribution in [2.24, 2.45) is 0 Å². The van der Waals surface area contributed by atoms with E-state index < -0.39 is 0 Å². The summed E-state index contributed by atoms with van der Waals surface area (Å²) in [6, 6.07) is 6.39. The Morgan fingerprint density at radius 2 is 2.21 bits per heavy atom. The van der Waals surface area contributed by atoms with Gasteiger partial charge in [-0.25, -0.2) is 9.37 Å². The molecule has 2 heterocycles. The summed E-state index contributed by atoms with van der Waals surface area (Å²) in [6.07, 6.45) is 2.56. The van der Waals surface area contributed by atoms with Gasteiger partial charge in [0.1, 0.15) is 5.82 Å². The summed E-state index contributed by atoms with van der Waals surface area (Å²) < 4.78 is 18.4. The lowest BCUT2D eigenvalue weighted by molar-refractivity contribution is 0.120. The normalized spacial score (nSPS) is 18.7. The highest BCUT2D eigenvalue weighted by Crippen LogP contribution is 2.25. The summed E-state index contributed by atoms with van der Waals surface area (Å²) in [6.45, 7) is 1.67. The molecular weight excluding hydrogens is 263 g/mol. The van der Waals surface area contributed by atoms with Gasteiger partial charge < -0.3 is 10.1 Å². The largest absolute Gasteiger partial charge is 0.376 e. The van der Waals surface area contributed by atoms with Crippen molar-refractivity contribution in [1.29, 1.82) is 0 Å². The van der Waals surface area contributed by atoms with Gasteiger partial charge in [0.05, 0.1) is 11.8 Å². The average Bonchev–Trinajstić information content (AvgIpc) is 3.09. The lowest BCUT2D eigenvalue weighted by atomic mass is 10.2. The van der Waals surface area contributed by atoms with Crippen molar-refractivity contribution < 1.29 is 9.13 Å². The second kappa shape index (κ2) is 5.67. The molecule has 5 heteroatoms. The fourth-order valence-corrected chi connectivity index (χ4v) is 2.84. The summed E-state index contributed by atoms with van der Waals surface area (Å²) in [5.74, 6) is -0.226. The summed E-state index contributed by atoms with van der Waals surface area (Å²) in [4.78, 5) is 4.50. The van der Waals surface area contributed by atoms with Crippen LogP contribution in [0.1, 0.15) is 12.8 Å². The van der Waals surface area contributed by atoms with E-state index in [1.165, 1.54) is 12.1 Å². The molecule has 1 aromatic heterocycles. The van der Waals surface area contributed by atoms with Crippen LogP contribution in [-0.2, 0) is 4.74 Å². The molecule has 1 saturated heterocycles. The molecule has 2 aromatic rings. The third-order valence-electron chi connectivity index (χ3n) is 3.15. The van der Waals surface area contributed by atoms with Crippen LogP contribution in [0.4, 0.5) is 9.52 Å². The van der Waals surface area contributed by atoms with Crippen LogP contribution >= 0.6 is 11.3 Å². The molecule has 0 spiro atoms. The fourth-order valence-electron chi connectivity index (χ4n) is 2.11. The van der Waals surface area contributed by atoms with Gasteiger partial charge in [-0.15, -0.1) is 11.3 Å². The maximum atomic E-state index is 12.9. The molecule has 1 aromatic carbocycles. The van der Waals surface area contributed by atoms with E-state index >= 15 is 0 Å². The minimum absolute atomic E-state index is 0.226. The monoisotopic (exact) mass is 278 g/mol. The zero-order chi connectivity index (χ0) is 13.1. The van der Waals surface area contributed by atoms with Gasteiger partial charge in [-0.3, -0.25) is 0 Å². The maximum absolute atomic E-state index is 12.9. The van der Waals surface area contributed by atoms with E-state index in [0.717, 1.165) is 42.4 Å². The fraction of sp³-hybridized carbons (Fsp3) is 0.357. The molecule has 0 aliphatic carbocycles.